The smallest absolute Gasteiger partial charge is 0.257 e. The van der Waals surface area contributed by atoms with Gasteiger partial charge in [-0.15, -0.1) is 12.3 Å². The van der Waals surface area contributed by atoms with Gasteiger partial charge in [-0.1, -0.05) is 11.8 Å². The number of aryl methyl sites for hydroxylation is 1. The summed E-state index contributed by atoms with van der Waals surface area (Å²) in [6, 6.07) is -0.0956. The summed E-state index contributed by atoms with van der Waals surface area (Å²) in [7, 11) is 0. The summed E-state index contributed by atoms with van der Waals surface area (Å²) >= 11 is 1.57. The average Bonchev–Trinajstić information content (AvgIpc) is 3.07. The van der Waals surface area contributed by atoms with Gasteiger partial charge in [0.2, 0.25) is 5.91 Å². The van der Waals surface area contributed by atoms with E-state index in [1.54, 1.807) is 16.3 Å². The minimum absolute atomic E-state index is 0.0546. The third-order valence-corrected chi connectivity index (χ3v) is 4.98. The second-order valence-electron chi connectivity index (χ2n) is 5.32. The molecule has 2 heterocycles. The zero-order chi connectivity index (χ0) is 14.8. The summed E-state index contributed by atoms with van der Waals surface area (Å²) in [5.41, 5.74) is 1.86. The predicted molar refractivity (Wildman–Crippen MR) is 81.4 cm³/mol. The molecule has 0 bridgehead atoms. The van der Waals surface area contributed by atoms with Crippen LogP contribution in [0.4, 0.5) is 0 Å². The van der Waals surface area contributed by atoms with E-state index in [0.29, 0.717) is 19.4 Å². The number of hydrogen-bond acceptors (Lipinski definition) is 4. The van der Waals surface area contributed by atoms with Gasteiger partial charge in [0.05, 0.1) is 11.7 Å². The first-order valence-electron chi connectivity index (χ1n) is 7.18. The largest absolute Gasteiger partial charge is 0.355 e. The molecule has 0 fully saturated rings. The first-order valence-corrected chi connectivity index (χ1v) is 8.16. The van der Waals surface area contributed by atoms with Crippen molar-refractivity contribution in [2.45, 2.75) is 43.3 Å². The second kappa shape index (κ2) is 5.94. The molecule has 21 heavy (non-hydrogen) atoms. The average molecular weight is 303 g/mol. The molecule has 1 atom stereocenters. The van der Waals surface area contributed by atoms with Gasteiger partial charge in [0, 0.05) is 30.7 Å². The van der Waals surface area contributed by atoms with E-state index in [9.17, 15) is 9.59 Å². The Morgan fingerprint density at radius 3 is 3.19 bits per heavy atom. The Balaban J connectivity index is 1.77. The lowest BCUT2D eigenvalue weighted by Gasteiger charge is -2.14. The predicted octanol–water partition coefficient (Wildman–Crippen LogP) is 0.908. The highest BCUT2D eigenvalue weighted by Crippen LogP contribution is 2.33. The fraction of sp³-hybridized carbons (Fsp3) is 0.533. The maximum atomic E-state index is 12.6. The molecule has 1 unspecified atom stereocenters. The minimum Gasteiger partial charge on any atom is -0.355 e. The second-order valence-corrected chi connectivity index (χ2v) is 6.31. The summed E-state index contributed by atoms with van der Waals surface area (Å²) in [5, 5.41) is 3.55. The van der Waals surface area contributed by atoms with Crippen LogP contribution in [0.5, 0.6) is 0 Å². The monoisotopic (exact) mass is 303 g/mol. The lowest BCUT2D eigenvalue weighted by Crippen LogP contribution is -2.32. The van der Waals surface area contributed by atoms with Crippen molar-refractivity contribution in [1.29, 1.82) is 0 Å². The van der Waals surface area contributed by atoms with Crippen LogP contribution in [0.2, 0.25) is 0 Å². The topological polar surface area (TPSA) is 64.0 Å². The van der Waals surface area contributed by atoms with E-state index in [2.05, 4.69) is 16.2 Å². The summed E-state index contributed by atoms with van der Waals surface area (Å²) < 4.78 is 1.72. The van der Waals surface area contributed by atoms with Gasteiger partial charge in [0.1, 0.15) is 0 Å². The first kappa shape index (κ1) is 14.2. The van der Waals surface area contributed by atoms with Crippen molar-refractivity contribution < 1.29 is 4.79 Å². The summed E-state index contributed by atoms with van der Waals surface area (Å²) in [6.07, 6.45) is 8.70. The normalized spacial score (nSPS) is 18.9. The standard InChI is InChI=1S/C15H17N3O2S/c1-2-3-7-16-13(19)8-10-9-21-15-17-12-6-4-5-11(12)14(20)18(10)15/h1,10H,3-9H2,(H,16,19). The SMILES string of the molecule is C#CCCNC(=O)CC1CSc2nc3c(c(=O)n21)CCC3. The first-order chi connectivity index (χ1) is 10.2. The molecule has 1 amide bonds. The van der Waals surface area contributed by atoms with Gasteiger partial charge in [0.15, 0.2) is 5.16 Å². The minimum atomic E-state index is -0.0956. The lowest BCUT2D eigenvalue weighted by atomic mass is 10.2. The van der Waals surface area contributed by atoms with Crippen LogP contribution in [0.25, 0.3) is 0 Å². The maximum absolute atomic E-state index is 12.6. The van der Waals surface area contributed by atoms with E-state index < -0.39 is 0 Å². The van der Waals surface area contributed by atoms with E-state index in [4.69, 9.17) is 6.42 Å². The number of amides is 1. The van der Waals surface area contributed by atoms with Gasteiger partial charge >= 0.3 is 0 Å². The van der Waals surface area contributed by atoms with E-state index in [1.807, 2.05) is 0 Å². The van der Waals surface area contributed by atoms with E-state index in [0.717, 1.165) is 41.4 Å². The molecule has 110 valence electrons. The molecule has 5 nitrogen and oxygen atoms in total. The number of carbonyl (C=O) groups excluding carboxylic acids is 1. The van der Waals surface area contributed by atoms with Crippen LogP contribution >= 0.6 is 11.8 Å². The van der Waals surface area contributed by atoms with E-state index in [1.165, 1.54) is 0 Å². The van der Waals surface area contributed by atoms with Gasteiger partial charge in [-0.2, -0.15) is 0 Å². The van der Waals surface area contributed by atoms with Crippen LogP contribution < -0.4 is 10.9 Å². The van der Waals surface area contributed by atoms with Crippen molar-refractivity contribution in [3.05, 3.63) is 21.6 Å². The molecule has 0 radical (unpaired) electrons. The molecule has 1 aliphatic heterocycles. The Morgan fingerprint density at radius 2 is 2.38 bits per heavy atom. The number of aromatic nitrogens is 2. The highest BCUT2D eigenvalue weighted by molar-refractivity contribution is 7.99. The van der Waals surface area contributed by atoms with Gasteiger partial charge in [-0.05, 0) is 19.3 Å². The molecular formula is C15H17N3O2S. The molecule has 0 saturated carbocycles. The molecule has 0 aromatic carbocycles. The zero-order valence-electron chi connectivity index (χ0n) is 11.7. The molecule has 0 spiro atoms. The van der Waals surface area contributed by atoms with Crippen molar-refractivity contribution in [3.63, 3.8) is 0 Å². The van der Waals surface area contributed by atoms with Gasteiger partial charge in [-0.3, -0.25) is 14.2 Å². The number of hydrogen-bond donors (Lipinski definition) is 1. The van der Waals surface area contributed by atoms with Crippen LogP contribution in [0.15, 0.2) is 9.95 Å². The fourth-order valence-electron chi connectivity index (χ4n) is 2.86. The summed E-state index contributed by atoms with van der Waals surface area (Å²) in [6.45, 7) is 0.486. The number of nitrogens with zero attached hydrogens (tertiary/aromatic N) is 2. The number of terminal acetylenes is 1. The van der Waals surface area contributed by atoms with Crippen molar-refractivity contribution in [1.82, 2.24) is 14.9 Å². The number of thioether (sulfide) groups is 1. The van der Waals surface area contributed by atoms with E-state index >= 15 is 0 Å². The number of rotatable bonds is 4. The van der Waals surface area contributed by atoms with Gasteiger partial charge in [-0.25, -0.2) is 4.98 Å². The molecule has 0 saturated heterocycles. The van der Waals surface area contributed by atoms with Crippen molar-refractivity contribution in [2.24, 2.45) is 0 Å². The molecule has 2 aliphatic rings. The summed E-state index contributed by atoms with van der Waals surface area (Å²) in [4.78, 5) is 29.1. The van der Waals surface area contributed by atoms with E-state index in [-0.39, 0.29) is 17.5 Å². The molecule has 1 aromatic heterocycles. The van der Waals surface area contributed by atoms with Crippen LogP contribution in [0, 0.1) is 12.3 Å². The highest BCUT2D eigenvalue weighted by atomic mass is 32.2. The van der Waals surface area contributed by atoms with Crippen molar-refractivity contribution in [2.75, 3.05) is 12.3 Å². The van der Waals surface area contributed by atoms with Crippen molar-refractivity contribution in [3.8, 4) is 12.3 Å². The molecule has 1 N–H and O–H groups in total. The van der Waals surface area contributed by atoms with Crippen LogP contribution in [0.3, 0.4) is 0 Å². The Labute approximate surface area is 127 Å². The van der Waals surface area contributed by atoms with Crippen LogP contribution in [-0.4, -0.2) is 27.8 Å². The Kier molecular flexibility index (Phi) is 4.02. The molecule has 3 rings (SSSR count). The zero-order valence-corrected chi connectivity index (χ0v) is 12.5. The third kappa shape index (κ3) is 2.70. The number of fused-ring (bicyclic) bond motifs is 2. The molecule has 1 aliphatic carbocycles. The molecule has 1 aromatic rings. The van der Waals surface area contributed by atoms with Crippen LogP contribution in [0.1, 0.15) is 36.6 Å². The Morgan fingerprint density at radius 1 is 1.52 bits per heavy atom. The quantitative estimate of drug-likeness (QED) is 0.510. The Hall–Kier alpha value is -1.74. The Bertz CT molecular complexity index is 675. The summed E-state index contributed by atoms with van der Waals surface area (Å²) in [5.74, 6) is 3.16. The number of nitrogens with one attached hydrogen (secondary N) is 1. The van der Waals surface area contributed by atoms with Gasteiger partial charge < -0.3 is 5.32 Å². The molecule has 6 heteroatoms. The van der Waals surface area contributed by atoms with Gasteiger partial charge in [0.25, 0.3) is 5.56 Å². The highest BCUT2D eigenvalue weighted by Gasteiger charge is 2.30. The lowest BCUT2D eigenvalue weighted by molar-refractivity contribution is -0.121. The molecular weight excluding hydrogens is 286 g/mol. The van der Waals surface area contributed by atoms with Crippen molar-refractivity contribution >= 4 is 17.7 Å². The fourth-order valence-corrected chi connectivity index (χ4v) is 4.02. The van der Waals surface area contributed by atoms with Crippen LogP contribution in [-0.2, 0) is 17.6 Å². The maximum Gasteiger partial charge on any atom is 0.257 e. The number of carbonyl (C=O) groups is 1. The third-order valence-electron chi connectivity index (χ3n) is 3.88.